The highest BCUT2D eigenvalue weighted by molar-refractivity contribution is 6.24. The molecule has 238 valence electrons. The Morgan fingerprint density at radius 1 is 0.353 bits per heavy atom. The summed E-state index contributed by atoms with van der Waals surface area (Å²) in [6, 6.07) is 63.8. The SMILES string of the molecule is c1ccc(-c2cc(-c3ccc(-c4ccc(-c5ccc6ccccc6c5)cc4)c4oc5ccc6ccccc6c5c34)nc(-c3ccccc3)n2)cc1. The van der Waals surface area contributed by atoms with Crippen molar-refractivity contribution in [3.8, 4) is 56.2 Å². The molecule has 0 fully saturated rings. The number of rotatable bonds is 5. The summed E-state index contributed by atoms with van der Waals surface area (Å²) in [6.45, 7) is 0. The molecule has 0 spiro atoms. The fourth-order valence-electron chi connectivity index (χ4n) is 7.35. The van der Waals surface area contributed by atoms with E-state index in [-0.39, 0.29) is 0 Å². The third kappa shape index (κ3) is 5.06. The molecular weight excluding hydrogens is 621 g/mol. The van der Waals surface area contributed by atoms with Gasteiger partial charge in [0.15, 0.2) is 5.82 Å². The molecule has 0 saturated heterocycles. The van der Waals surface area contributed by atoms with E-state index in [9.17, 15) is 0 Å². The largest absolute Gasteiger partial charge is 0.455 e. The van der Waals surface area contributed by atoms with Crippen LogP contribution in [0.15, 0.2) is 186 Å². The molecule has 10 aromatic rings. The molecule has 0 radical (unpaired) electrons. The van der Waals surface area contributed by atoms with Crippen molar-refractivity contribution < 1.29 is 4.42 Å². The zero-order chi connectivity index (χ0) is 33.7. The second-order valence-electron chi connectivity index (χ2n) is 13.0. The van der Waals surface area contributed by atoms with Crippen molar-refractivity contribution in [2.24, 2.45) is 0 Å². The van der Waals surface area contributed by atoms with Crippen LogP contribution in [0.2, 0.25) is 0 Å². The minimum atomic E-state index is 0.686. The van der Waals surface area contributed by atoms with E-state index in [0.717, 1.165) is 66.5 Å². The number of fused-ring (bicyclic) bond motifs is 6. The van der Waals surface area contributed by atoms with Gasteiger partial charge in [0, 0.05) is 33.0 Å². The molecule has 3 nitrogen and oxygen atoms in total. The molecular formula is C48H30N2O. The molecule has 0 aliphatic carbocycles. The van der Waals surface area contributed by atoms with Gasteiger partial charge < -0.3 is 4.42 Å². The predicted molar refractivity (Wildman–Crippen MR) is 212 cm³/mol. The summed E-state index contributed by atoms with van der Waals surface area (Å²) in [7, 11) is 0. The van der Waals surface area contributed by atoms with Crippen molar-refractivity contribution in [2.75, 3.05) is 0 Å². The Bertz CT molecular complexity index is 2830. The summed E-state index contributed by atoms with van der Waals surface area (Å²) in [5.41, 5.74) is 11.0. The van der Waals surface area contributed by atoms with Gasteiger partial charge >= 0.3 is 0 Å². The first kappa shape index (κ1) is 29.1. The Hall–Kier alpha value is -6.84. The first-order valence-corrected chi connectivity index (χ1v) is 17.2. The van der Waals surface area contributed by atoms with Gasteiger partial charge in [-0.1, -0.05) is 158 Å². The summed E-state index contributed by atoms with van der Waals surface area (Å²) in [5.74, 6) is 0.686. The number of aromatic nitrogens is 2. The Kier molecular flexibility index (Phi) is 6.81. The van der Waals surface area contributed by atoms with Crippen LogP contribution in [0.5, 0.6) is 0 Å². The normalized spacial score (nSPS) is 11.5. The zero-order valence-electron chi connectivity index (χ0n) is 27.6. The number of hydrogen-bond acceptors (Lipinski definition) is 3. The van der Waals surface area contributed by atoms with Crippen LogP contribution in [0.1, 0.15) is 0 Å². The highest BCUT2D eigenvalue weighted by atomic mass is 16.3. The summed E-state index contributed by atoms with van der Waals surface area (Å²) >= 11 is 0. The van der Waals surface area contributed by atoms with Crippen molar-refractivity contribution in [3.63, 3.8) is 0 Å². The van der Waals surface area contributed by atoms with Gasteiger partial charge in [0.25, 0.3) is 0 Å². The lowest BCUT2D eigenvalue weighted by Crippen LogP contribution is -1.96. The summed E-state index contributed by atoms with van der Waals surface area (Å²) in [5, 5.41) is 6.94. The van der Waals surface area contributed by atoms with E-state index in [2.05, 4.69) is 146 Å². The van der Waals surface area contributed by atoms with Gasteiger partial charge in [-0.3, -0.25) is 0 Å². The van der Waals surface area contributed by atoms with Crippen molar-refractivity contribution in [2.45, 2.75) is 0 Å². The fraction of sp³-hybridized carbons (Fsp3) is 0. The van der Waals surface area contributed by atoms with E-state index in [4.69, 9.17) is 14.4 Å². The maximum Gasteiger partial charge on any atom is 0.160 e. The Morgan fingerprint density at radius 2 is 0.961 bits per heavy atom. The highest BCUT2D eigenvalue weighted by Gasteiger charge is 2.21. The van der Waals surface area contributed by atoms with Crippen molar-refractivity contribution in [1.82, 2.24) is 9.97 Å². The van der Waals surface area contributed by atoms with Crippen LogP contribution in [0.3, 0.4) is 0 Å². The molecule has 2 heterocycles. The van der Waals surface area contributed by atoms with Crippen molar-refractivity contribution in [1.29, 1.82) is 0 Å². The first-order chi connectivity index (χ1) is 25.3. The van der Waals surface area contributed by atoms with E-state index in [1.54, 1.807) is 0 Å². The van der Waals surface area contributed by atoms with Gasteiger partial charge in [0.2, 0.25) is 0 Å². The second kappa shape index (κ2) is 11.9. The third-order valence-corrected chi connectivity index (χ3v) is 9.89. The Labute approximate surface area is 295 Å². The molecule has 2 aromatic heterocycles. The Balaban J connectivity index is 1.20. The zero-order valence-corrected chi connectivity index (χ0v) is 27.6. The molecule has 0 bridgehead atoms. The number of hydrogen-bond donors (Lipinski definition) is 0. The monoisotopic (exact) mass is 650 g/mol. The molecule has 0 amide bonds. The Morgan fingerprint density at radius 3 is 1.76 bits per heavy atom. The van der Waals surface area contributed by atoms with Crippen LogP contribution in [0, 0.1) is 0 Å². The molecule has 0 N–H and O–H groups in total. The fourth-order valence-corrected chi connectivity index (χ4v) is 7.35. The summed E-state index contributed by atoms with van der Waals surface area (Å²) in [4.78, 5) is 10.3. The topological polar surface area (TPSA) is 38.9 Å². The van der Waals surface area contributed by atoms with E-state index in [1.165, 1.54) is 27.3 Å². The van der Waals surface area contributed by atoms with Gasteiger partial charge in [0.1, 0.15) is 11.2 Å². The molecule has 0 aliphatic heterocycles. The molecule has 0 saturated carbocycles. The maximum absolute atomic E-state index is 6.86. The molecule has 10 rings (SSSR count). The van der Waals surface area contributed by atoms with E-state index >= 15 is 0 Å². The number of nitrogens with zero attached hydrogens (tertiary/aromatic N) is 2. The average molecular weight is 651 g/mol. The van der Waals surface area contributed by atoms with Crippen molar-refractivity contribution >= 4 is 43.5 Å². The molecule has 3 heteroatoms. The number of benzene rings is 8. The first-order valence-electron chi connectivity index (χ1n) is 17.2. The minimum Gasteiger partial charge on any atom is -0.455 e. The molecule has 0 atom stereocenters. The van der Waals surface area contributed by atoms with Gasteiger partial charge in [-0.25, -0.2) is 9.97 Å². The van der Waals surface area contributed by atoms with Crippen LogP contribution in [0.25, 0.3) is 99.6 Å². The van der Waals surface area contributed by atoms with Crippen LogP contribution in [-0.2, 0) is 0 Å². The standard InChI is InChI=1S/C48H30N2O/c1-3-13-35(14-4-1)42-30-43(50-48(49-42)36-15-5-2-6-16-36)41-27-26-40(47-46(41)45-39-18-10-9-12-33(39)25-28-44(45)51-47)34-22-19-32(20-23-34)38-24-21-31-11-7-8-17-37(31)29-38/h1-30H. The van der Waals surface area contributed by atoms with E-state index in [1.807, 2.05) is 36.4 Å². The van der Waals surface area contributed by atoms with Crippen LogP contribution < -0.4 is 0 Å². The lowest BCUT2D eigenvalue weighted by atomic mass is 9.93. The van der Waals surface area contributed by atoms with Gasteiger partial charge in [-0.15, -0.1) is 0 Å². The molecule has 0 unspecified atom stereocenters. The van der Waals surface area contributed by atoms with Crippen LogP contribution >= 0.6 is 0 Å². The lowest BCUT2D eigenvalue weighted by molar-refractivity contribution is 0.670. The minimum absolute atomic E-state index is 0.686. The lowest BCUT2D eigenvalue weighted by Gasteiger charge is -2.12. The van der Waals surface area contributed by atoms with E-state index < -0.39 is 0 Å². The smallest absolute Gasteiger partial charge is 0.160 e. The summed E-state index contributed by atoms with van der Waals surface area (Å²) < 4.78 is 6.86. The second-order valence-corrected chi connectivity index (χ2v) is 13.0. The highest BCUT2D eigenvalue weighted by Crippen LogP contribution is 2.44. The quantitative estimate of drug-likeness (QED) is 0.186. The van der Waals surface area contributed by atoms with Crippen LogP contribution in [0.4, 0.5) is 0 Å². The predicted octanol–water partition coefficient (Wildman–Crippen LogP) is 13.0. The third-order valence-electron chi connectivity index (χ3n) is 9.89. The van der Waals surface area contributed by atoms with Gasteiger partial charge in [-0.2, -0.15) is 0 Å². The van der Waals surface area contributed by atoms with E-state index in [0.29, 0.717) is 5.82 Å². The van der Waals surface area contributed by atoms with Crippen molar-refractivity contribution in [3.05, 3.63) is 182 Å². The molecule has 0 aliphatic rings. The average Bonchev–Trinajstić information content (AvgIpc) is 3.61. The van der Waals surface area contributed by atoms with Gasteiger partial charge in [-0.05, 0) is 62.5 Å². The van der Waals surface area contributed by atoms with Crippen LogP contribution in [-0.4, -0.2) is 9.97 Å². The molecule has 51 heavy (non-hydrogen) atoms. The summed E-state index contributed by atoms with van der Waals surface area (Å²) in [6.07, 6.45) is 0. The molecule has 8 aromatic carbocycles. The number of furan rings is 1. The van der Waals surface area contributed by atoms with Gasteiger partial charge in [0.05, 0.1) is 11.4 Å². The maximum atomic E-state index is 6.86.